The Balaban J connectivity index is 3.59. The minimum atomic E-state index is -0.399. The van der Waals surface area contributed by atoms with E-state index in [4.69, 9.17) is 10.5 Å². The second-order valence-corrected chi connectivity index (χ2v) is 5.28. The summed E-state index contributed by atoms with van der Waals surface area (Å²) >= 11 is 3.54. The number of hydrogen-bond acceptors (Lipinski definition) is 2. The van der Waals surface area contributed by atoms with Gasteiger partial charge in [0.2, 0.25) is 0 Å². The molecule has 0 aromatic heterocycles. The number of rotatable bonds is 2. The maximum Gasteiger partial charge on any atom is 0.127 e. The molecule has 15 heavy (non-hydrogen) atoms. The molecule has 3 heteroatoms. The molecule has 0 heterocycles. The van der Waals surface area contributed by atoms with Crippen molar-refractivity contribution < 1.29 is 4.74 Å². The predicted octanol–water partition coefficient (Wildman–Crippen LogP) is 3.27. The lowest BCUT2D eigenvalue weighted by molar-refractivity contribution is 0.390. The summed E-state index contributed by atoms with van der Waals surface area (Å²) in [6.45, 7) is 8.06. The Hall–Kier alpha value is -0.540. The van der Waals surface area contributed by atoms with E-state index < -0.39 is 5.54 Å². The molecule has 1 rings (SSSR count). The van der Waals surface area contributed by atoms with Gasteiger partial charge in [-0.3, -0.25) is 0 Å². The largest absolute Gasteiger partial charge is 0.496 e. The van der Waals surface area contributed by atoms with E-state index in [2.05, 4.69) is 28.9 Å². The van der Waals surface area contributed by atoms with Crippen molar-refractivity contribution in [2.24, 2.45) is 5.73 Å². The zero-order valence-electron chi connectivity index (χ0n) is 9.94. The van der Waals surface area contributed by atoms with Gasteiger partial charge < -0.3 is 10.5 Å². The van der Waals surface area contributed by atoms with Crippen LogP contribution in [0.4, 0.5) is 0 Å². The lowest BCUT2D eigenvalue weighted by Crippen LogP contribution is -2.30. The summed E-state index contributed by atoms with van der Waals surface area (Å²) in [5.74, 6) is 0.892. The van der Waals surface area contributed by atoms with Crippen LogP contribution in [0, 0.1) is 13.8 Å². The first kappa shape index (κ1) is 12.5. The molecule has 0 spiro atoms. The number of halogens is 1. The quantitative estimate of drug-likeness (QED) is 0.896. The van der Waals surface area contributed by atoms with Gasteiger partial charge in [0.05, 0.1) is 7.11 Å². The predicted molar refractivity (Wildman–Crippen MR) is 67.4 cm³/mol. The number of benzene rings is 1. The lowest BCUT2D eigenvalue weighted by Gasteiger charge is -2.26. The van der Waals surface area contributed by atoms with Crippen molar-refractivity contribution in [2.75, 3.05) is 7.11 Å². The van der Waals surface area contributed by atoms with Crippen molar-refractivity contribution in [3.63, 3.8) is 0 Å². The monoisotopic (exact) mass is 271 g/mol. The van der Waals surface area contributed by atoms with Crippen LogP contribution in [0.15, 0.2) is 10.5 Å². The highest BCUT2D eigenvalue weighted by Gasteiger charge is 2.24. The van der Waals surface area contributed by atoms with E-state index in [-0.39, 0.29) is 0 Å². The number of ether oxygens (including phenoxy) is 1. The topological polar surface area (TPSA) is 35.2 Å². The molecule has 0 aliphatic rings. The van der Waals surface area contributed by atoms with Crippen molar-refractivity contribution in [1.82, 2.24) is 0 Å². The molecule has 1 aromatic rings. The fourth-order valence-corrected chi connectivity index (χ4v) is 2.43. The van der Waals surface area contributed by atoms with Gasteiger partial charge in [-0.05, 0) is 44.9 Å². The smallest absolute Gasteiger partial charge is 0.127 e. The molecule has 0 bridgehead atoms. The summed E-state index contributed by atoms with van der Waals surface area (Å²) in [6, 6.07) is 2.06. The SMILES string of the molecule is COc1c(C)cc(Br)c(C)c1C(C)(C)N. The van der Waals surface area contributed by atoms with Gasteiger partial charge in [-0.15, -0.1) is 0 Å². The average Bonchev–Trinajstić information content (AvgIpc) is 2.08. The van der Waals surface area contributed by atoms with Crippen molar-refractivity contribution in [3.05, 3.63) is 27.2 Å². The highest BCUT2D eigenvalue weighted by Crippen LogP contribution is 2.37. The van der Waals surface area contributed by atoms with E-state index in [0.29, 0.717) is 0 Å². The summed E-state index contributed by atoms with van der Waals surface area (Å²) in [5.41, 5.74) is 9.08. The molecule has 0 saturated carbocycles. The van der Waals surface area contributed by atoms with Crippen LogP contribution in [0.5, 0.6) is 5.75 Å². The Labute approximate surface area is 99.9 Å². The average molecular weight is 272 g/mol. The third-order valence-electron chi connectivity index (χ3n) is 2.51. The zero-order valence-corrected chi connectivity index (χ0v) is 11.5. The first-order chi connectivity index (χ1) is 6.79. The van der Waals surface area contributed by atoms with Crippen LogP contribution in [0.1, 0.15) is 30.5 Å². The molecular weight excluding hydrogens is 254 g/mol. The second kappa shape index (κ2) is 4.14. The van der Waals surface area contributed by atoms with Gasteiger partial charge in [0.25, 0.3) is 0 Å². The molecule has 1 aromatic carbocycles. The molecule has 0 saturated heterocycles. The highest BCUT2D eigenvalue weighted by atomic mass is 79.9. The molecular formula is C12H18BrNO. The van der Waals surface area contributed by atoms with Gasteiger partial charge in [0, 0.05) is 15.6 Å². The van der Waals surface area contributed by atoms with Crippen molar-refractivity contribution in [2.45, 2.75) is 33.2 Å². The Morgan fingerprint density at radius 3 is 2.27 bits per heavy atom. The summed E-state index contributed by atoms with van der Waals surface area (Å²) in [6.07, 6.45) is 0. The lowest BCUT2D eigenvalue weighted by atomic mass is 9.89. The van der Waals surface area contributed by atoms with Gasteiger partial charge in [-0.25, -0.2) is 0 Å². The summed E-state index contributed by atoms with van der Waals surface area (Å²) in [4.78, 5) is 0. The first-order valence-corrected chi connectivity index (χ1v) is 5.71. The van der Waals surface area contributed by atoms with E-state index in [1.807, 2.05) is 20.8 Å². The van der Waals surface area contributed by atoms with Crippen molar-refractivity contribution in [1.29, 1.82) is 0 Å². The third-order valence-corrected chi connectivity index (χ3v) is 3.33. The maximum atomic E-state index is 6.17. The van der Waals surface area contributed by atoms with Gasteiger partial charge in [0.15, 0.2) is 0 Å². The molecule has 0 amide bonds. The van der Waals surface area contributed by atoms with Gasteiger partial charge in [0.1, 0.15) is 5.75 Å². The number of nitrogens with two attached hydrogens (primary N) is 1. The molecule has 0 unspecified atom stereocenters. The summed E-state index contributed by atoms with van der Waals surface area (Å²) in [7, 11) is 1.69. The van der Waals surface area contributed by atoms with Crippen LogP contribution < -0.4 is 10.5 Å². The molecule has 0 atom stereocenters. The minimum Gasteiger partial charge on any atom is -0.496 e. The normalized spacial score (nSPS) is 11.7. The van der Waals surface area contributed by atoms with Crippen LogP contribution in [0.25, 0.3) is 0 Å². The third kappa shape index (κ3) is 2.34. The number of hydrogen-bond donors (Lipinski definition) is 1. The first-order valence-electron chi connectivity index (χ1n) is 4.92. The van der Waals surface area contributed by atoms with Crippen LogP contribution in [-0.4, -0.2) is 7.11 Å². The van der Waals surface area contributed by atoms with Crippen LogP contribution in [0.2, 0.25) is 0 Å². The van der Waals surface area contributed by atoms with E-state index in [9.17, 15) is 0 Å². The standard InChI is InChI=1S/C12H18BrNO/c1-7-6-9(13)8(2)10(11(7)15-5)12(3,4)14/h6H,14H2,1-5H3. The van der Waals surface area contributed by atoms with Crippen LogP contribution in [-0.2, 0) is 5.54 Å². The van der Waals surface area contributed by atoms with Crippen molar-refractivity contribution >= 4 is 15.9 Å². The Kier molecular flexibility index (Phi) is 3.46. The molecule has 0 aliphatic heterocycles. The Bertz CT molecular complexity index is 380. The van der Waals surface area contributed by atoms with E-state index in [0.717, 1.165) is 26.9 Å². The molecule has 0 aliphatic carbocycles. The zero-order chi connectivity index (χ0) is 11.8. The van der Waals surface area contributed by atoms with Crippen LogP contribution in [0.3, 0.4) is 0 Å². The Morgan fingerprint density at radius 2 is 1.87 bits per heavy atom. The fourth-order valence-electron chi connectivity index (χ4n) is 1.89. The van der Waals surface area contributed by atoms with Gasteiger partial charge in [-0.2, -0.15) is 0 Å². The fraction of sp³-hybridized carbons (Fsp3) is 0.500. The maximum absolute atomic E-state index is 6.17. The molecule has 0 fully saturated rings. The number of methoxy groups -OCH3 is 1. The summed E-state index contributed by atoms with van der Waals surface area (Å²) < 4.78 is 6.52. The van der Waals surface area contributed by atoms with Gasteiger partial charge >= 0.3 is 0 Å². The second-order valence-electron chi connectivity index (χ2n) is 4.43. The van der Waals surface area contributed by atoms with Crippen molar-refractivity contribution in [3.8, 4) is 5.75 Å². The molecule has 84 valence electrons. The minimum absolute atomic E-state index is 0.399. The molecule has 0 radical (unpaired) electrons. The highest BCUT2D eigenvalue weighted by molar-refractivity contribution is 9.10. The molecule has 2 N–H and O–H groups in total. The van der Waals surface area contributed by atoms with Gasteiger partial charge in [-0.1, -0.05) is 15.9 Å². The van der Waals surface area contributed by atoms with Crippen LogP contribution >= 0.6 is 15.9 Å². The van der Waals surface area contributed by atoms with E-state index >= 15 is 0 Å². The summed E-state index contributed by atoms with van der Waals surface area (Å²) in [5, 5.41) is 0. The number of aryl methyl sites for hydroxylation is 1. The molecule has 2 nitrogen and oxygen atoms in total. The van der Waals surface area contributed by atoms with E-state index in [1.54, 1.807) is 7.11 Å². The Morgan fingerprint density at radius 1 is 1.33 bits per heavy atom. The van der Waals surface area contributed by atoms with E-state index in [1.165, 1.54) is 0 Å².